The summed E-state index contributed by atoms with van der Waals surface area (Å²) >= 11 is 0. The number of halogens is 2. The van der Waals surface area contributed by atoms with Gasteiger partial charge in [-0.15, -0.1) is 0 Å². The summed E-state index contributed by atoms with van der Waals surface area (Å²) in [5.41, 5.74) is 3.40. The summed E-state index contributed by atoms with van der Waals surface area (Å²) in [6.07, 6.45) is 0.953. The Bertz CT molecular complexity index is 1050. The van der Waals surface area contributed by atoms with Crippen LogP contribution < -0.4 is 10.6 Å². The van der Waals surface area contributed by atoms with Gasteiger partial charge in [0.25, 0.3) is 0 Å². The molecule has 0 radical (unpaired) electrons. The van der Waals surface area contributed by atoms with Crippen LogP contribution in [0.1, 0.15) is 12.1 Å². The number of carbonyl (C=O) groups is 1. The van der Waals surface area contributed by atoms with Crippen molar-refractivity contribution < 1.29 is 18.3 Å². The van der Waals surface area contributed by atoms with E-state index in [-0.39, 0.29) is 12.1 Å². The SMILES string of the molecule is COCCN1CCC(NC(=O)Nc2ccc(C)nc2-c2ccccc2)C1.Fc1cccc(F)c1. The van der Waals surface area contributed by atoms with Crippen LogP contribution in [0.3, 0.4) is 0 Å². The van der Waals surface area contributed by atoms with Crippen LogP contribution in [0.5, 0.6) is 0 Å². The maximum atomic E-state index is 12.5. The average molecular weight is 469 g/mol. The van der Waals surface area contributed by atoms with Crippen molar-refractivity contribution in [2.24, 2.45) is 0 Å². The largest absolute Gasteiger partial charge is 0.383 e. The molecule has 34 heavy (non-hydrogen) atoms. The number of rotatable bonds is 6. The quantitative estimate of drug-likeness (QED) is 0.542. The number of ether oxygens (including phenoxy) is 1. The highest BCUT2D eigenvalue weighted by molar-refractivity contribution is 5.93. The molecule has 2 heterocycles. The van der Waals surface area contributed by atoms with Crippen molar-refractivity contribution in [3.05, 3.63) is 84.1 Å². The molecule has 0 spiro atoms. The number of urea groups is 1. The lowest BCUT2D eigenvalue weighted by Gasteiger charge is -2.17. The molecule has 0 aliphatic carbocycles. The number of aromatic nitrogens is 1. The minimum absolute atomic E-state index is 0.158. The number of hydrogen-bond acceptors (Lipinski definition) is 4. The molecule has 2 amide bonds. The molecule has 1 fully saturated rings. The van der Waals surface area contributed by atoms with Gasteiger partial charge in [-0.25, -0.2) is 13.6 Å². The number of hydrogen-bond donors (Lipinski definition) is 2. The Balaban J connectivity index is 0.000000343. The molecule has 3 aromatic rings. The van der Waals surface area contributed by atoms with Crippen molar-refractivity contribution in [1.82, 2.24) is 15.2 Å². The monoisotopic (exact) mass is 468 g/mol. The number of likely N-dealkylation sites (tertiary alicyclic amines) is 1. The standard InChI is InChI=1S/C20H26N4O2.C6H4F2/c1-15-8-9-18(19(21-15)16-6-4-3-5-7-16)23-20(25)22-17-10-11-24(14-17)12-13-26-2;7-5-2-1-3-6(8)4-5/h3-9,17H,10-14H2,1-2H3,(H2,22,23,25);1-4H. The lowest BCUT2D eigenvalue weighted by molar-refractivity contribution is 0.160. The minimum atomic E-state index is -0.537. The highest BCUT2D eigenvalue weighted by Crippen LogP contribution is 2.26. The van der Waals surface area contributed by atoms with Crippen molar-refractivity contribution in [2.45, 2.75) is 19.4 Å². The molecule has 0 bridgehead atoms. The van der Waals surface area contributed by atoms with Crippen LogP contribution in [0.25, 0.3) is 11.3 Å². The second-order valence-electron chi connectivity index (χ2n) is 8.03. The van der Waals surface area contributed by atoms with Crippen molar-refractivity contribution >= 4 is 11.7 Å². The number of methoxy groups -OCH3 is 1. The number of anilines is 1. The van der Waals surface area contributed by atoms with Crippen molar-refractivity contribution in [3.8, 4) is 11.3 Å². The van der Waals surface area contributed by atoms with Crippen molar-refractivity contribution in [1.29, 1.82) is 0 Å². The molecule has 8 heteroatoms. The summed E-state index contributed by atoms with van der Waals surface area (Å²) in [7, 11) is 1.71. The molecular weight excluding hydrogens is 438 g/mol. The summed E-state index contributed by atoms with van der Waals surface area (Å²) in [6, 6.07) is 18.2. The van der Waals surface area contributed by atoms with E-state index in [0.29, 0.717) is 12.3 Å². The van der Waals surface area contributed by atoms with Crippen LogP contribution in [-0.2, 0) is 4.74 Å². The first-order valence-corrected chi connectivity index (χ1v) is 11.2. The van der Waals surface area contributed by atoms with E-state index in [1.807, 2.05) is 49.4 Å². The maximum absolute atomic E-state index is 12.5. The lowest BCUT2D eigenvalue weighted by atomic mass is 10.1. The normalized spacial score (nSPS) is 15.4. The highest BCUT2D eigenvalue weighted by Gasteiger charge is 2.23. The molecule has 180 valence electrons. The lowest BCUT2D eigenvalue weighted by Crippen LogP contribution is -2.40. The molecule has 2 N–H and O–H groups in total. The van der Waals surface area contributed by atoms with E-state index in [4.69, 9.17) is 4.74 Å². The van der Waals surface area contributed by atoms with Crippen molar-refractivity contribution in [3.63, 3.8) is 0 Å². The first-order chi connectivity index (χ1) is 16.4. The number of benzene rings is 2. The van der Waals surface area contributed by atoms with Gasteiger partial charge < -0.3 is 15.4 Å². The molecule has 0 saturated carbocycles. The molecule has 1 unspecified atom stereocenters. The second kappa shape index (κ2) is 12.8. The van der Waals surface area contributed by atoms with Crippen LogP contribution in [0.15, 0.2) is 66.7 Å². The van der Waals surface area contributed by atoms with E-state index in [0.717, 1.165) is 49.1 Å². The third kappa shape index (κ3) is 7.90. The zero-order valence-corrected chi connectivity index (χ0v) is 19.4. The molecule has 1 aliphatic heterocycles. The van der Waals surface area contributed by atoms with Gasteiger partial charge in [-0.2, -0.15) is 0 Å². The Hall–Kier alpha value is -3.36. The van der Waals surface area contributed by atoms with E-state index in [1.54, 1.807) is 7.11 Å². The Kier molecular flexibility index (Phi) is 9.49. The fourth-order valence-electron chi connectivity index (χ4n) is 3.65. The van der Waals surface area contributed by atoms with E-state index in [1.165, 1.54) is 18.2 Å². The first-order valence-electron chi connectivity index (χ1n) is 11.2. The average Bonchev–Trinajstić information content (AvgIpc) is 3.26. The Morgan fingerprint density at radius 3 is 2.47 bits per heavy atom. The summed E-state index contributed by atoms with van der Waals surface area (Å²) < 4.78 is 29.0. The van der Waals surface area contributed by atoms with Crippen LogP contribution in [-0.4, -0.2) is 55.3 Å². The summed E-state index contributed by atoms with van der Waals surface area (Å²) in [6.45, 7) is 5.40. The molecular formula is C26H30F2N4O2. The first kappa shape index (κ1) is 25.3. The third-order valence-electron chi connectivity index (χ3n) is 5.34. The number of carbonyl (C=O) groups excluding carboxylic acids is 1. The molecule has 1 aromatic heterocycles. The van der Waals surface area contributed by atoms with Crippen LogP contribution in [0.2, 0.25) is 0 Å². The van der Waals surface area contributed by atoms with Gasteiger partial charge in [-0.3, -0.25) is 9.88 Å². The molecule has 4 rings (SSSR count). The predicted molar refractivity (Wildman–Crippen MR) is 130 cm³/mol. The van der Waals surface area contributed by atoms with E-state index in [9.17, 15) is 13.6 Å². The number of nitrogens with one attached hydrogen (secondary N) is 2. The fourth-order valence-corrected chi connectivity index (χ4v) is 3.65. The molecule has 2 aromatic carbocycles. The van der Waals surface area contributed by atoms with Crippen molar-refractivity contribution in [2.75, 3.05) is 38.7 Å². The van der Waals surface area contributed by atoms with Crippen LogP contribution in [0.4, 0.5) is 19.3 Å². The Labute approximate surface area is 199 Å². The zero-order chi connectivity index (χ0) is 24.3. The zero-order valence-electron chi connectivity index (χ0n) is 19.4. The number of aryl methyl sites for hydroxylation is 1. The van der Waals surface area contributed by atoms with Gasteiger partial charge >= 0.3 is 6.03 Å². The maximum Gasteiger partial charge on any atom is 0.319 e. The fraction of sp³-hybridized carbons (Fsp3) is 0.308. The topological polar surface area (TPSA) is 66.5 Å². The van der Waals surface area contributed by atoms with E-state index in [2.05, 4.69) is 20.5 Å². The summed E-state index contributed by atoms with van der Waals surface area (Å²) in [5, 5.41) is 6.03. The number of nitrogens with zero attached hydrogens (tertiary/aromatic N) is 2. The van der Waals surface area contributed by atoms with Gasteiger partial charge in [0, 0.05) is 50.1 Å². The van der Waals surface area contributed by atoms with Crippen LogP contribution in [0, 0.1) is 18.6 Å². The third-order valence-corrected chi connectivity index (χ3v) is 5.34. The van der Waals surface area contributed by atoms with Gasteiger partial charge in [0.05, 0.1) is 18.0 Å². The summed E-state index contributed by atoms with van der Waals surface area (Å²) in [4.78, 5) is 19.4. The van der Waals surface area contributed by atoms with Crippen LogP contribution >= 0.6 is 0 Å². The Morgan fingerprint density at radius 1 is 1.09 bits per heavy atom. The molecule has 1 saturated heterocycles. The van der Waals surface area contributed by atoms with Gasteiger partial charge in [-0.05, 0) is 37.6 Å². The van der Waals surface area contributed by atoms with Gasteiger partial charge in [0.1, 0.15) is 11.6 Å². The smallest absolute Gasteiger partial charge is 0.319 e. The van der Waals surface area contributed by atoms with Gasteiger partial charge in [-0.1, -0.05) is 36.4 Å². The second-order valence-corrected chi connectivity index (χ2v) is 8.03. The number of pyridine rings is 1. The highest BCUT2D eigenvalue weighted by atomic mass is 19.1. The van der Waals surface area contributed by atoms with Gasteiger partial charge in [0.15, 0.2) is 0 Å². The molecule has 1 aliphatic rings. The molecule has 6 nitrogen and oxygen atoms in total. The summed E-state index contributed by atoms with van der Waals surface area (Å²) in [5.74, 6) is -1.07. The van der Waals surface area contributed by atoms with E-state index < -0.39 is 11.6 Å². The molecule has 1 atom stereocenters. The van der Waals surface area contributed by atoms with Gasteiger partial charge in [0.2, 0.25) is 0 Å². The minimum Gasteiger partial charge on any atom is -0.383 e. The van der Waals surface area contributed by atoms with E-state index >= 15 is 0 Å². The number of amides is 2. The Morgan fingerprint density at radius 2 is 1.82 bits per heavy atom. The predicted octanol–water partition coefficient (Wildman–Crippen LogP) is 4.86.